The van der Waals surface area contributed by atoms with Crippen LogP contribution in [0.15, 0.2) is 53.3 Å². The second kappa shape index (κ2) is 9.89. The summed E-state index contributed by atoms with van der Waals surface area (Å²) >= 11 is 12.4. The maximum absolute atomic E-state index is 14.0. The lowest BCUT2D eigenvalue weighted by atomic mass is 10.0. The molecule has 2 aliphatic heterocycles. The van der Waals surface area contributed by atoms with Gasteiger partial charge in [-0.05, 0) is 43.7 Å². The lowest BCUT2D eigenvalue weighted by molar-refractivity contribution is -0.116. The Labute approximate surface area is 230 Å². The molecule has 0 bridgehead atoms. The van der Waals surface area contributed by atoms with Crippen LogP contribution in [0.3, 0.4) is 0 Å². The Morgan fingerprint density at radius 3 is 2.42 bits per heavy atom. The number of hydrogen-bond acceptors (Lipinski definition) is 6. The summed E-state index contributed by atoms with van der Waals surface area (Å²) in [4.78, 5) is 42.4. The van der Waals surface area contributed by atoms with Crippen LogP contribution in [0.5, 0.6) is 5.88 Å². The summed E-state index contributed by atoms with van der Waals surface area (Å²) in [6, 6.07) is 8.64. The van der Waals surface area contributed by atoms with Gasteiger partial charge < -0.3 is 14.2 Å². The van der Waals surface area contributed by atoms with Gasteiger partial charge in [-0.1, -0.05) is 23.7 Å². The number of nitrogens with zero attached hydrogens (tertiary/aromatic N) is 6. The number of methoxy groups -OCH3 is 1. The number of anilines is 1. The van der Waals surface area contributed by atoms with Gasteiger partial charge in [0, 0.05) is 31.4 Å². The lowest BCUT2D eigenvalue weighted by Gasteiger charge is -2.30. The summed E-state index contributed by atoms with van der Waals surface area (Å²) in [5.41, 5.74) is 4.04. The van der Waals surface area contributed by atoms with Crippen LogP contribution in [0.2, 0.25) is 5.02 Å². The van der Waals surface area contributed by atoms with Crippen molar-refractivity contribution in [1.29, 1.82) is 0 Å². The highest BCUT2D eigenvalue weighted by Gasteiger charge is 2.44. The number of benzene rings is 1. The van der Waals surface area contributed by atoms with E-state index in [9.17, 15) is 9.59 Å². The average Bonchev–Trinajstić information content (AvgIpc) is 3.41. The van der Waals surface area contributed by atoms with Crippen molar-refractivity contribution >= 4 is 47.2 Å². The molecular weight excluding hydrogens is 527 g/mol. The molecule has 0 aliphatic carbocycles. The van der Waals surface area contributed by atoms with Crippen LogP contribution in [0.4, 0.5) is 5.95 Å². The molecule has 196 valence electrons. The van der Waals surface area contributed by atoms with Gasteiger partial charge in [-0.15, -0.1) is 11.6 Å². The van der Waals surface area contributed by atoms with Crippen molar-refractivity contribution in [3.63, 3.8) is 0 Å². The zero-order valence-corrected chi connectivity index (χ0v) is 23.0. The Kier molecular flexibility index (Phi) is 6.75. The number of rotatable bonds is 6. The molecule has 0 saturated carbocycles. The third-order valence-electron chi connectivity index (χ3n) is 6.51. The van der Waals surface area contributed by atoms with Crippen molar-refractivity contribution in [1.82, 2.24) is 19.4 Å². The maximum Gasteiger partial charge on any atom is 0.267 e. The number of carbonyl (C=O) groups is 2. The summed E-state index contributed by atoms with van der Waals surface area (Å²) in [6.07, 6.45) is 4.66. The SMILES string of the molecule is COc1nc(N(C)C)ncc1-c1cc2c(n1C(C)C)[C@H](c1ccc(Cl)cc1)N(C1=CC(Cl)C(=O)N=C1)C2=O. The lowest BCUT2D eigenvalue weighted by Crippen LogP contribution is -2.33. The Bertz CT molecular complexity index is 1490. The highest BCUT2D eigenvalue weighted by Crippen LogP contribution is 2.47. The number of carbonyl (C=O) groups excluding carboxylic acids is 2. The van der Waals surface area contributed by atoms with Gasteiger partial charge in [-0.25, -0.2) is 9.98 Å². The molecule has 2 aromatic heterocycles. The molecule has 0 radical (unpaired) electrons. The Morgan fingerprint density at radius 1 is 1.11 bits per heavy atom. The van der Waals surface area contributed by atoms with Crippen LogP contribution in [-0.2, 0) is 4.79 Å². The van der Waals surface area contributed by atoms with Crippen molar-refractivity contribution in [3.05, 3.63) is 70.1 Å². The van der Waals surface area contributed by atoms with Gasteiger partial charge in [-0.3, -0.25) is 14.5 Å². The van der Waals surface area contributed by atoms with Crippen molar-refractivity contribution < 1.29 is 14.3 Å². The zero-order chi connectivity index (χ0) is 27.3. The van der Waals surface area contributed by atoms with Crippen molar-refractivity contribution in [3.8, 4) is 17.1 Å². The van der Waals surface area contributed by atoms with Gasteiger partial charge in [0.2, 0.25) is 11.8 Å². The second-order valence-electron chi connectivity index (χ2n) is 9.50. The smallest absolute Gasteiger partial charge is 0.267 e. The van der Waals surface area contributed by atoms with Crippen LogP contribution in [0, 0.1) is 0 Å². The summed E-state index contributed by atoms with van der Waals surface area (Å²) in [5.74, 6) is 0.210. The largest absolute Gasteiger partial charge is 0.480 e. The monoisotopic (exact) mass is 552 g/mol. The van der Waals surface area contributed by atoms with E-state index in [4.69, 9.17) is 27.9 Å². The fourth-order valence-corrected chi connectivity index (χ4v) is 5.16. The fourth-order valence-electron chi connectivity index (χ4n) is 4.85. The zero-order valence-electron chi connectivity index (χ0n) is 21.5. The Balaban J connectivity index is 1.74. The number of dihydropyridines is 1. The number of halogens is 2. The first-order valence-corrected chi connectivity index (χ1v) is 12.8. The van der Waals surface area contributed by atoms with E-state index in [1.54, 1.807) is 41.3 Å². The summed E-state index contributed by atoms with van der Waals surface area (Å²) in [5, 5.41) is -0.370. The number of amides is 2. The van der Waals surface area contributed by atoms with E-state index in [1.165, 1.54) is 6.21 Å². The molecule has 0 fully saturated rings. The first-order valence-electron chi connectivity index (χ1n) is 12.0. The molecule has 1 aromatic carbocycles. The van der Waals surface area contributed by atoms with E-state index in [0.717, 1.165) is 17.0 Å². The van der Waals surface area contributed by atoms with E-state index in [1.807, 2.05) is 46.1 Å². The van der Waals surface area contributed by atoms with Gasteiger partial charge in [0.25, 0.3) is 11.8 Å². The van der Waals surface area contributed by atoms with E-state index >= 15 is 0 Å². The number of hydrogen-bond donors (Lipinski definition) is 0. The van der Waals surface area contributed by atoms with E-state index in [2.05, 4.69) is 19.5 Å². The molecule has 5 rings (SSSR count). The Hall–Kier alpha value is -3.69. The van der Waals surface area contributed by atoms with Gasteiger partial charge in [0.15, 0.2) is 0 Å². The minimum Gasteiger partial charge on any atom is -0.480 e. The van der Waals surface area contributed by atoms with Crippen molar-refractivity contribution in [2.24, 2.45) is 4.99 Å². The normalized spacial score (nSPS) is 18.7. The third-order valence-corrected chi connectivity index (χ3v) is 7.07. The molecule has 2 amide bonds. The molecule has 9 nitrogen and oxygen atoms in total. The average molecular weight is 553 g/mol. The summed E-state index contributed by atoms with van der Waals surface area (Å²) in [6.45, 7) is 4.10. The molecule has 3 aromatic rings. The molecule has 2 aliphatic rings. The quantitative estimate of drug-likeness (QED) is 0.403. The van der Waals surface area contributed by atoms with Crippen LogP contribution >= 0.6 is 23.2 Å². The minimum absolute atomic E-state index is 0.0362. The van der Waals surface area contributed by atoms with Gasteiger partial charge in [-0.2, -0.15) is 4.98 Å². The molecule has 11 heteroatoms. The van der Waals surface area contributed by atoms with Crippen LogP contribution in [-0.4, -0.2) is 64.0 Å². The van der Waals surface area contributed by atoms with Gasteiger partial charge in [0.05, 0.1) is 41.5 Å². The molecule has 0 N–H and O–H groups in total. The van der Waals surface area contributed by atoms with Crippen LogP contribution in [0.1, 0.15) is 47.5 Å². The minimum atomic E-state index is -0.951. The Morgan fingerprint density at radius 2 is 1.82 bits per heavy atom. The van der Waals surface area contributed by atoms with E-state index in [-0.39, 0.29) is 11.9 Å². The standard InChI is InChI=1S/C27H26Cl2N6O3/c1-14(2)34-21(19-13-31-27(33(3)4)32-25(19)38-5)11-18-23(34)22(15-6-8-16(28)9-7-15)35(26(18)37)17-10-20(29)24(36)30-12-17/h6-14,20,22H,1-5H3/t20?,22-/m0/s1. The molecule has 0 saturated heterocycles. The number of aliphatic imine (C=N–C) groups is 1. The van der Waals surface area contributed by atoms with Crippen LogP contribution < -0.4 is 9.64 Å². The van der Waals surface area contributed by atoms with E-state index in [0.29, 0.717) is 33.7 Å². The first-order chi connectivity index (χ1) is 18.1. The third kappa shape index (κ3) is 4.25. The summed E-state index contributed by atoms with van der Waals surface area (Å²) in [7, 11) is 5.27. The fraction of sp³-hybridized carbons (Fsp3) is 0.296. The van der Waals surface area contributed by atoms with Gasteiger partial charge in [0.1, 0.15) is 11.4 Å². The van der Waals surface area contributed by atoms with E-state index < -0.39 is 17.3 Å². The number of ether oxygens (including phenoxy) is 1. The number of alkyl halides is 1. The van der Waals surface area contributed by atoms with Crippen molar-refractivity contribution in [2.45, 2.75) is 31.3 Å². The van der Waals surface area contributed by atoms with Gasteiger partial charge >= 0.3 is 0 Å². The first kappa shape index (κ1) is 25.9. The van der Waals surface area contributed by atoms with Crippen LogP contribution in [0.25, 0.3) is 11.3 Å². The second-order valence-corrected chi connectivity index (χ2v) is 10.4. The molecule has 1 unspecified atom stereocenters. The predicted octanol–water partition coefficient (Wildman–Crippen LogP) is 4.90. The molecule has 2 atom stereocenters. The maximum atomic E-state index is 14.0. The summed E-state index contributed by atoms with van der Waals surface area (Å²) < 4.78 is 7.75. The molecule has 4 heterocycles. The number of allylic oxidation sites excluding steroid dienone is 1. The topological polar surface area (TPSA) is 92.9 Å². The molecule has 0 spiro atoms. The number of aromatic nitrogens is 3. The molecular formula is C27H26Cl2N6O3. The predicted molar refractivity (Wildman–Crippen MR) is 147 cm³/mol. The highest BCUT2D eigenvalue weighted by molar-refractivity contribution is 6.34. The highest BCUT2D eigenvalue weighted by atomic mass is 35.5. The van der Waals surface area contributed by atoms with Crippen molar-refractivity contribution in [2.75, 3.05) is 26.1 Å². The molecule has 38 heavy (non-hydrogen) atoms. The number of fused-ring (bicyclic) bond motifs is 1.